The Morgan fingerprint density at radius 3 is 2.53 bits per heavy atom. The molecule has 0 spiro atoms. The molecule has 0 unspecified atom stereocenters. The van der Waals surface area contributed by atoms with E-state index in [9.17, 15) is 14.4 Å². The highest BCUT2D eigenvalue weighted by atomic mass is 35.5. The third-order valence-corrected chi connectivity index (χ3v) is 5.35. The van der Waals surface area contributed by atoms with Crippen molar-refractivity contribution < 1.29 is 19.1 Å². The Hall–Kier alpha value is -3.38. The molecule has 4 rings (SSSR count). The molecule has 1 aromatic heterocycles. The van der Waals surface area contributed by atoms with Crippen LogP contribution in [0.1, 0.15) is 27.2 Å². The van der Waals surface area contributed by atoms with Crippen LogP contribution in [0.15, 0.2) is 54.2 Å². The number of nitrogens with zero attached hydrogens (tertiary/aromatic N) is 1. The first-order chi connectivity index (χ1) is 14.3. The molecule has 0 saturated carbocycles. The van der Waals surface area contributed by atoms with Crippen molar-refractivity contribution >= 4 is 40.2 Å². The SMILES string of the molecule is Cc1ccc2c(c1)c(C(=O)C(=O)NC1=CC(=O)OC1)c(C)n2Cc1ccc(Cl)cc1. The molecule has 3 aromatic rings. The standard InChI is InChI=1S/C23H19ClN2O4/c1-13-3-8-19-18(9-13)21(22(28)23(29)25-17-10-20(27)30-12-17)14(2)26(19)11-15-4-6-16(24)7-5-15/h3-10H,11-12H2,1-2H3,(H,25,29). The van der Waals surface area contributed by atoms with Crippen molar-refractivity contribution in [1.29, 1.82) is 0 Å². The highest BCUT2D eigenvalue weighted by molar-refractivity contribution is 6.45. The van der Waals surface area contributed by atoms with E-state index in [1.54, 1.807) is 0 Å². The van der Waals surface area contributed by atoms with E-state index >= 15 is 0 Å². The fourth-order valence-electron chi connectivity index (χ4n) is 3.62. The molecular formula is C23H19ClN2O4. The summed E-state index contributed by atoms with van der Waals surface area (Å²) in [6.45, 7) is 4.25. The summed E-state index contributed by atoms with van der Waals surface area (Å²) in [5, 5.41) is 3.85. The molecule has 1 aliphatic rings. The summed E-state index contributed by atoms with van der Waals surface area (Å²) in [6.07, 6.45) is 1.17. The van der Waals surface area contributed by atoms with E-state index in [1.807, 2.05) is 60.9 Å². The van der Waals surface area contributed by atoms with E-state index in [2.05, 4.69) is 5.32 Å². The molecule has 30 heavy (non-hydrogen) atoms. The van der Waals surface area contributed by atoms with Crippen molar-refractivity contribution in [1.82, 2.24) is 9.88 Å². The predicted octanol–water partition coefficient (Wildman–Crippen LogP) is 3.70. The number of hydrogen-bond donors (Lipinski definition) is 1. The van der Waals surface area contributed by atoms with Crippen LogP contribution >= 0.6 is 11.6 Å². The summed E-state index contributed by atoms with van der Waals surface area (Å²) in [5.41, 5.74) is 4.19. The first kappa shape index (κ1) is 19.9. The lowest BCUT2D eigenvalue weighted by atomic mass is 10.0. The van der Waals surface area contributed by atoms with Gasteiger partial charge >= 0.3 is 5.97 Å². The van der Waals surface area contributed by atoms with Gasteiger partial charge in [-0.3, -0.25) is 9.59 Å². The molecule has 6 nitrogen and oxygen atoms in total. The van der Waals surface area contributed by atoms with Gasteiger partial charge in [0.25, 0.3) is 11.7 Å². The van der Waals surface area contributed by atoms with Gasteiger partial charge in [-0.2, -0.15) is 0 Å². The Morgan fingerprint density at radius 2 is 1.87 bits per heavy atom. The quantitative estimate of drug-likeness (QED) is 0.386. The maximum atomic E-state index is 13.1. The first-order valence-corrected chi connectivity index (χ1v) is 9.78. The van der Waals surface area contributed by atoms with Gasteiger partial charge in [0, 0.05) is 34.2 Å². The van der Waals surface area contributed by atoms with Crippen molar-refractivity contribution in [2.75, 3.05) is 6.61 Å². The lowest BCUT2D eigenvalue weighted by Crippen LogP contribution is -2.31. The molecular weight excluding hydrogens is 404 g/mol. The maximum absolute atomic E-state index is 13.1. The van der Waals surface area contributed by atoms with Crippen LogP contribution in [0.4, 0.5) is 0 Å². The van der Waals surface area contributed by atoms with Gasteiger partial charge in [0.05, 0.1) is 11.3 Å². The third-order valence-electron chi connectivity index (χ3n) is 5.10. The first-order valence-electron chi connectivity index (χ1n) is 9.40. The average molecular weight is 423 g/mol. The van der Waals surface area contributed by atoms with Gasteiger partial charge in [-0.05, 0) is 43.7 Å². The zero-order valence-corrected chi connectivity index (χ0v) is 17.2. The Bertz CT molecular complexity index is 1220. The number of ketones is 1. The molecule has 0 atom stereocenters. The van der Waals surface area contributed by atoms with Crippen LogP contribution in [0.3, 0.4) is 0 Å². The zero-order chi connectivity index (χ0) is 21.4. The van der Waals surface area contributed by atoms with Crippen LogP contribution in [0.25, 0.3) is 10.9 Å². The van der Waals surface area contributed by atoms with Gasteiger partial charge in [0.15, 0.2) is 0 Å². The third kappa shape index (κ3) is 3.74. The molecule has 2 aromatic carbocycles. The van der Waals surface area contributed by atoms with E-state index in [0.717, 1.165) is 16.6 Å². The molecule has 1 aliphatic heterocycles. The lowest BCUT2D eigenvalue weighted by molar-refractivity contribution is -0.135. The number of aryl methyl sites for hydroxylation is 1. The van der Waals surface area contributed by atoms with Crippen LogP contribution in [0.2, 0.25) is 5.02 Å². The number of rotatable bonds is 5. The molecule has 0 bridgehead atoms. The van der Waals surface area contributed by atoms with Gasteiger partial charge in [-0.1, -0.05) is 35.4 Å². The maximum Gasteiger partial charge on any atom is 0.333 e. The van der Waals surface area contributed by atoms with Crippen molar-refractivity contribution in [2.45, 2.75) is 20.4 Å². The Kier molecular flexibility index (Phi) is 5.18. The van der Waals surface area contributed by atoms with Gasteiger partial charge < -0.3 is 14.6 Å². The Labute approximate surface area is 178 Å². The second-order valence-electron chi connectivity index (χ2n) is 7.25. The van der Waals surface area contributed by atoms with Gasteiger partial charge in [0.2, 0.25) is 0 Å². The van der Waals surface area contributed by atoms with E-state index < -0.39 is 17.7 Å². The normalized spacial score (nSPS) is 13.3. The predicted molar refractivity (Wildman–Crippen MR) is 113 cm³/mol. The minimum Gasteiger partial charge on any atom is -0.456 e. The number of aromatic nitrogens is 1. The van der Waals surface area contributed by atoms with Crippen LogP contribution in [-0.2, 0) is 20.9 Å². The van der Waals surface area contributed by atoms with Crippen LogP contribution < -0.4 is 5.32 Å². The molecule has 0 fully saturated rings. The summed E-state index contributed by atoms with van der Waals surface area (Å²) < 4.78 is 6.78. The van der Waals surface area contributed by atoms with E-state index in [0.29, 0.717) is 28.2 Å². The number of halogens is 1. The fraction of sp³-hybridized carbons (Fsp3) is 0.174. The molecule has 0 saturated heterocycles. The minimum atomic E-state index is -0.797. The Balaban J connectivity index is 1.74. The molecule has 0 radical (unpaired) electrons. The van der Waals surface area contributed by atoms with Gasteiger partial charge in [-0.25, -0.2) is 4.79 Å². The number of amides is 1. The fourth-order valence-corrected chi connectivity index (χ4v) is 3.75. The van der Waals surface area contributed by atoms with Gasteiger partial charge in [-0.15, -0.1) is 0 Å². The summed E-state index contributed by atoms with van der Waals surface area (Å²) in [6, 6.07) is 13.3. The van der Waals surface area contributed by atoms with Crippen molar-refractivity contribution in [2.24, 2.45) is 0 Å². The number of nitrogens with one attached hydrogen (secondary N) is 1. The van der Waals surface area contributed by atoms with Crippen molar-refractivity contribution in [3.63, 3.8) is 0 Å². The molecule has 1 N–H and O–H groups in total. The lowest BCUT2D eigenvalue weighted by Gasteiger charge is -2.09. The second-order valence-corrected chi connectivity index (χ2v) is 7.69. The Morgan fingerprint density at radius 1 is 1.13 bits per heavy atom. The largest absolute Gasteiger partial charge is 0.456 e. The van der Waals surface area contributed by atoms with E-state index in [-0.39, 0.29) is 12.3 Å². The smallest absolute Gasteiger partial charge is 0.333 e. The number of Topliss-reactive ketones (excluding diaryl/α,β-unsaturated/α-hetero) is 1. The minimum absolute atomic E-state index is 0.0474. The number of carbonyl (C=O) groups excluding carboxylic acids is 3. The van der Waals surface area contributed by atoms with Gasteiger partial charge in [0.1, 0.15) is 6.61 Å². The highest BCUT2D eigenvalue weighted by Crippen LogP contribution is 2.29. The number of ether oxygens (including phenoxy) is 1. The monoisotopic (exact) mass is 422 g/mol. The number of hydrogen-bond acceptors (Lipinski definition) is 4. The number of benzene rings is 2. The molecule has 0 aliphatic carbocycles. The molecule has 152 valence electrons. The number of carbonyl (C=O) groups is 3. The number of esters is 1. The van der Waals surface area contributed by atoms with Crippen LogP contribution in [0, 0.1) is 13.8 Å². The molecule has 7 heteroatoms. The summed E-state index contributed by atoms with van der Waals surface area (Å²) in [5.74, 6) is -1.99. The summed E-state index contributed by atoms with van der Waals surface area (Å²) >= 11 is 5.99. The van der Waals surface area contributed by atoms with Crippen molar-refractivity contribution in [3.8, 4) is 0 Å². The average Bonchev–Trinajstić information content (AvgIpc) is 3.23. The number of fused-ring (bicyclic) bond motifs is 1. The van der Waals surface area contributed by atoms with Crippen LogP contribution in [-0.4, -0.2) is 28.8 Å². The highest BCUT2D eigenvalue weighted by Gasteiger charge is 2.27. The zero-order valence-electron chi connectivity index (χ0n) is 16.5. The van der Waals surface area contributed by atoms with Crippen molar-refractivity contribution in [3.05, 3.63) is 81.6 Å². The summed E-state index contributed by atoms with van der Waals surface area (Å²) in [7, 11) is 0. The van der Waals surface area contributed by atoms with Crippen LogP contribution in [0.5, 0.6) is 0 Å². The second kappa shape index (κ2) is 7.80. The van der Waals surface area contributed by atoms with E-state index in [1.165, 1.54) is 6.08 Å². The molecule has 1 amide bonds. The summed E-state index contributed by atoms with van der Waals surface area (Å²) in [4.78, 5) is 36.9. The van der Waals surface area contributed by atoms with E-state index in [4.69, 9.17) is 16.3 Å². The topological polar surface area (TPSA) is 77.4 Å². The molecule has 2 heterocycles. The number of cyclic esters (lactones) is 1.